The van der Waals surface area contributed by atoms with Gasteiger partial charge in [-0.25, -0.2) is 0 Å². The van der Waals surface area contributed by atoms with Crippen LogP contribution >= 0.6 is 0 Å². The highest BCUT2D eigenvalue weighted by Crippen LogP contribution is 2.29. The first kappa shape index (κ1) is 13.5. The molecule has 1 rings (SSSR count). The summed E-state index contributed by atoms with van der Waals surface area (Å²) in [6.45, 7) is 5.23. The van der Waals surface area contributed by atoms with Crippen molar-refractivity contribution in [1.29, 1.82) is 0 Å². The average Bonchev–Trinajstić information content (AvgIpc) is 2.30. The van der Waals surface area contributed by atoms with Crippen LogP contribution in [0.2, 0.25) is 0 Å². The number of hydrogen-bond acceptors (Lipinski definition) is 2. The summed E-state index contributed by atoms with van der Waals surface area (Å²) < 4.78 is 0. The molecule has 0 heterocycles. The van der Waals surface area contributed by atoms with Gasteiger partial charge < -0.3 is 10.6 Å². The Morgan fingerprint density at radius 3 is 2.50 bits per heavy atom. The van der Waals surface area contributed by atoms with Gasteiger partial charge in [0.1, 0.15) is 0 Å². The number of likely N-dealkylation sites (N-methyl/N-ethyl adjacent to an activating group) is 1. The van der Waals surface area contributed by atoms with Gasteiger partial charge in [-0.2, -0.15) is 0 Å². The Balaban J connectivity index is 2.09. The maximum absolute atomic E-state index is 11.3. The predicted molar refractivity (Wildman–Crippen MR) is 67.3 cm³/mol. The Bertz CT molecular complexity index is 210. The maximum atomic E-state index is 11.3. The van der Waals surface area contributed by atoms with Gasteiger partial charge in [0, 0.05) is 7.05 Å². The van der Waals surface area contributed by atoms with Crippen LogP contribution in [0.1, 0.15) is 46.0 Å². The Hall–Kier alpha value is -0.570. The van der Waals surface area contributed by atoms with Crippen LogP contribution in [0.3, 0.4) is 0 Å². The quantitative estimate of drug-likeness (QED) is 0.752. The van der Waals surface area contributed by atoms with Crippen LogP contribution in [0.5, 0.6) is 0 Å². The number of rotatable bonds is 5. The van der Waals surface area contributed by atoms with E-state index in [1.807, 2.05) is 6.92 Å². The van der Waals surface area contributed by atoms with E-state index in [0.29, 0.717) is 0 Å². The smallest absolute Gasteiger partial charge is 0.236 e. The molecule has 3 heteroatoms. The van der Waals surface area contributed by atoms with E-state index in [0.717, 1.165) is 18.4 Å². The minimum absolute atomic E-state index is 0.0625. The van der Waals surface area contributed by atoms with Crippen molar-refractivity contribution in [2.45, 2.75) is 52.0 Å². The SMILES string of the molecule is CNC(=O)C(C)NCCC1CCC(C)CC1. The van der Waals surface area contributed by atoms with E-state index in [9.17, 15) is 4.79 Å². The van der Waals surface area contributed by atoms with E-state index < -0.39 is 0 Å². The lowest BCUT2D eigenvalue weighted by Gasteiger charge is -2.26. The molecule has 2 N–H and O–H groups in total. The number of carbonyl (C=O) groups excluding carboxylic acids is 1. The van der Waals surface area contributed by atoms with E-state index in [2.05, 4.69) is 17.6 Å². The molecule has 0 aromatic heterocycles. The monoisotopic (exact) mass is 226 g/mol. The van der Waals surface area contributed by atoms with Crippen LogP contribution in [0, 0.1) is 11.8 Å². The van der Waals surface area contributed by atoms with Crippen molar-refractivity contribution < 1.29 is 4.79 Å². The average molecular weight is 226 g/mol. The lowest BCUT2D eigenvalue weighted by molar-refractivity contribution is -0.122. The minimum atomic E-state index is -0.0625. The molecule has 16 heavy (non-hydrogen) atoms. The van der Waals surface area contributed by atoms with E-state index in [1.54, 1.807) is 7.05 Å². The Morgan fingerprint density at radius 1 is 1.31 bits per heavy atom. The van der Waals surface area contributed by atoms with Crippen molar-refractivity contribution in [1.82, 2.24) is 10.6 Å². The van der Waals surface area contributed by atoms with Crippen LogP contribution in [0.4, 0.5) is 0 Å². The first-order valence-electron chi connectivity index (χ1n) is 6.58. The van der Waals surface area contributed by atoms with Crippen molar-refractivity contribution in [3.8, 4) is 0 Å². The Morgan fingerprint density at radius 2 is 1.94 bits per heavy atom. The summed E-state index contributed by atoms with van der Waals surface area (Å²) in [6, 6.07) is -0.0625. The van der Waals surface area contributed by atoms with Gasteiger partial charge in [0.2, 0.25) is 5.91 Å². The van der Waals surface area contributed by atoms with Crippen molar-refractivity contribution in [2.24, 2.45) is 11.8 Å². The van der Waals surface area contributed by atoms with E-state index in [-0.39, 0.29) is 11.9 Å². The molecular weight excluding hydrogens is 200 g/mol. The van der Waals surface area contributed by atoms with Crippen molar-refractivity contribution >= 4 is 5.91 Å². The Labute approximate surface area is 99.4 Å². The fourth-order valence-corrected chi connectivity index (χ4v) is 2.43. The fourth-order valence-electron chi connectivity index (χ4n) is 2.43. The lowest BCUT2D eigenvalue weighted by atomic mass is 9.81. The molecule has 0 bridgehead atoms. The first-order valence-corrected chi connectivity index (χ1v) is 6.58. The fraction of sp³-hybridized carbons (Fsp3) is 0.923. The summed E-state index contributed by atoms with van der Waals surface area (Å²) in [6.07, 6.45) is 6.73. The van der Waals surface area contributed by atoms with Crippen molar-refractivity contribution in [3.63, 3.8) is 0 Å². The van der Waals surface area contributed by atoms with Gasteiger partial charge in [-0.05, 0) is 31.7 Å². The molecule has 0 spiro atoms. The second kappa shape index (κ2) is 6.89. The standard InChI is InChI=1S/C13H26N2O/c1-10-4-6-12(7-5-10)8-9-15-11(2)13(16)14-3/h10-12,15H,4-9H2,1-3H3,(H,14,16). The first-order chi connectivity index (χ1) is 7.63. The highest BCUT2D eigenvalue weighted by atomic mass is 16.2. The van der Waals surface area contributed by atoms with Crippen LogP contribution in [-0.4, -0.2) is 25.5 Å². The normalized spacial score (nSPS) is 27.4. The van der Waals surface area contributed by atoms with Gasteiger partial charge in [0.05, 0.1) is 6.04 Å². The second-order valence-corrected chi connectivity index (χ2v) is 5.20. The van der Waals surface area contributed by atoms with Gasteiger partial charge in [0.15, 0.2) is 0 Å². The third-order valence-electron chi connectivity index (χ3n) is 3.78. The summed E-state index contributed by atoms with van der Waals surface area (Å²) >= 11 is 0. The zero-order chi connectivity index (χ0) is 12.0. The molecule has 0 aromatic carbocycles. The number of nitrogens with one attached hydrogen (secondary N) is 2. The number of hydrogen-bond donors (Lipinski definition) is 2. The minimum Gasteiger partial charge on any atom is -0.358 e. The molecule has 94 valence electrons. The second-order valence-electron chi connectivity index (χ2n) is 5.20. The highest BCUT2D eigenvalue weighted by molar-refractivity contribution is 5.80. The van der Waals surface area contributed by atoms with Gasteiger partial charge >= 0.3 is 0 Å². The van der Waals surface area contributed by atoms with E-state index in [1.165, 1.54) is 32.1 Å². The molecule has 0 saturated heterocycles. The molecule has 1 saturated carbocycles. The van der Waals surface area contributed by atoms with Gasteiger partial charge in [-0.15, -0.1) is 0 Å². The molecule has 1 aliphatic rings. The summed E-state index contributed by atoms with van der Waals surface area (Å²) in [5.41, 5.74) is 0. The predicted octanol–water partition coefficient (Wildman–Crippen LogP) is 1.93. The van der Waals surface area contributed by atoms with E-state index >= 15 is 0 Å². The van der Waals surface area contributed by atoms with Crippen LogP contribution in [0.15, 0.2) is 0 Å². The van der Waals surface area contributed by atoms with Crippen LogP contribution < -0.4 is 10.6 Å². The summed E-state index contributed by atoms with van der Waals surface area (Å²) in [7, 11) is 1.68. The van der Waals surface area contributed by atoms with Crippen molar-refractivity contribution in [2.75, 3.05) is 13.6 Å². The van der Waals surface area contributed by atoms with Gasteiger partial charge in [-0.1, -0.05) is 32.6 Å². The molecule has 1 amide bonds. The summed E-state index contributed by atoms with van der Waals surface area (Å²) in [5.74, 6) is 1.88. The Kier molecular flexibility index (Phi) is 5.81. The largest absolute Gasteiger partial charge is 0.358 e. The van der Waals surface area contributed by atoms with Crippen LogP contribution in [0.25, 0.3) is 0 Å². The molecule has 0 aromatic rings. The summed E-state index contributed by atoms with van der Waals surface area (Å²) in [4.78, 5) is 11.3. The molecule has 3 nitrogen and oxygen atoms in total. The van der Waals surface area contributed by atoms with Crippen molar-refractivity contribution in [3.05, 3.63) is 0 Å². The molecule has 1 atom stereocenters. The number of carbonyl (C=O) groups is 1. The highest BCUT2D eigenvalue weighted by Gasteiger charge is 2.18. The summed E-state index contributed by atoms with van der Waals surface area (Å²) in [5, 5.41) is 5.94. The topological polar surface area (TPSA) is 41.1 Å². The number of amides is 1. The molecule has 0 radical (unpaired) electrons. The molecule has 1 aliphatic carbocycles. The van der Waals surface area contributed by atoms with E-state index in [4.69, 9.17) is 0 Å². The molecule has 0 aliphatic heterocycles. The molecule has 1 unspecified atom stereocenters. The molecular formula is C13H26N2O. The zero-order valence-corrected chi connectivity index (χ0v) is 10.9. The van der Waals surface area contributed by atoms with Crippen LogP contribution in [-0.2, 0) is 4.79 Å². The van der Waals surface area contributed by atoms with Gasteiger partial charge in [0.25, 0.3) is 0 Å². The van der Waals surface area contributed by atoms with Gasteiger partial charge in [-0.3, -0.25) is 4.79 Å². The third kappa shape index (κ3) is 4.52. The zero-order valence-electron chi connectivity index (χ0n) is 10.9. The third-order valence-corrected chi connectivity index (χ3v) is 3.78. The lowest BCUT2D eigenvalue weighted by Crippen LogP contribution is -2.41. The maximum Gasteiger partial charge on any atom is 0.236 e. The molecule has 1 fully saturated rings.